The molecular formula is C13H17ClN4. The maximum Gasteiger partial charge on any atom is 0.158 e. The van der Waals surface area contributed by atoms with Gasteiger partial charge in [0.25, 0.3) is 0 Å². The lowest BCUT2D eigenvalue weighted by molar-refractivity contribution is 0.682. The Balaban J connectivity index is 2.46. The first-order valence-electron chi connectivity index (χ1n) is 6.17. The topological polar surface area (TPSA) is 43.6 Å². The minimum Gasteiger partial charge on any atom is -0.330 e. The van der Waals surface area contributed by atoms with E-state index in [0.717, 1.165) is 30.3 Å². The second kappa shape index (κ2) is 5.48. The first-order valence-corrected chi connectivity index (χ1v) is 6.55. The van der Waals surface area contributed by atoms with Crippen LogP contribution in [0, 0.1) is 0 Å². The maximum absolute atomic E-state index is 6.05. The van der Waals surface area contributed by atoms with Crippen molar-refractivity contribution in [1.29, 1.82) is 0 Å². The van der Waals surface area contributed by atoms with Crippen LogP contribution in [0.25, 0.3) is 11.5 Å². The lowest BCUT2D eigenvalue weighted by atomic mass is 10.2. The normalized spacial score (nSPS) is 11.2. The van der Waals surface area contributed by atoms with E-state index < -0.39 is 0 Å². The lowest BCUT2D eigenvalue weighted by Gasteiger charge is -2.09. The smallest absolute Gasteiger partial charge is 0.158 e. The zero-order valence-electron chi connectivity index (χ0n) is 10.9. The molecule has 0 unspecified atom stereocenters. The Morgan fingerprint density at radius 3 is 2.78 bits per heavy atom. The molecule has 2 aromatic heterocycles. The summed E-state index contributed by atoms with van der Waals surface area (Å²) in [5.41, 5.74) is 0.789. The fourth-order valence-corrected chi connectivity index (χ4v) is 1.96. The highest BCUT2D eigenvalue weighted by molar-refractivity contribution is 6.29. The van der Waals surface area contributed by atoms with Crippen LogP contribution in [0.1, 0.15) is 38.9 Å². The number of aryl methyl sites for hydroxylation is 1. The molecule has 4 nitrogen and oxygen atoms in total. The van der Waals surface area contributed by atoms with Crippen LogP contribution >= 0.6 is 11.6 Å². The molecule has 0 aliphatic heterocycles. The van der Waals surface area contributed by atoms with E-state index in [9.17, 15) is 0 Å². The summed E-state index contributed by atoms with van der Waals surface area (Å²) in [5, 5.41) is 0.467. The number of nitrogens with zero attached hydrogens (tertiary/aromatic N) is 4. The molecule has 0 radical (unpaired) electrons. The van der Waals surface area contributed by atoms with Crippen LogP contribution in [0.2, 0.25) is 5.15 Å². The van der Waals surface area contributed by atoms with Gasteiger partial charge in [-0.15, -0.1) is 0 Å². The Hall–Kier alpha value is -1.42. The van der Waals surface area contributed by atoms with Crippen molar-refractivity contribution in [3.8, 4) is 11.5 Å². The summed E-state index contributed by atoms with van der Waals surface area (Å²) in [6, 6.07) is 1.77. The summed E-state index contributed by atoms with van der Waals surface area (Å²) < 4.78 is 2.09. The third-order valence-electron chi connectivity index (χ3n) is 2.64. The van der Waals surface area contributed by atoms with Crippen LogP contribution in [0.5, 0.6) is 0 Å². The van der Waals surface area contributed by atoms with Crippen LogP contribution in [-0.2, 0) is 6.54 Å². The summed E-state index contributed by atoms with van der Waals surface area (Å²) in [6.45, 7) is 7.16. The molecule has 0 aliphatic carbocycles. The van der Waals surface area contributed by atoms with Gasteiger partial charge in [-0.1, -0.05) is 32.4 Å². The van der Waals surface area contributed by atoms with E-state index in [4.69, 9.17) is 11.6 Å². The predicted octanol–water partition coefficient (Wildman–Crippen LogP) is 3.53. The highest BCUT2D eigenvalue weighted by Crippen LogP contribution is 2.21. The van der Waals surface area contributed by atoms with Crippen molar-refractivity contribution in [3.63, 3.8) is 0 Å². The van der Waals surface area contributed by atoms with Gasteiger partial charge in [-0.05, 0) is 6.42 Å². The van der Waals surface area contributed by atoms with E-state index in [1.54, 1.807) is 12.3 Å². The van der Waals surface area contributed by atoms with E-state index in [-0.39, 0.29) is 5.92 Å². The van der Waals surface area contributed by atoms with Crippen molar-refractivity contribution in [3.05, 3.63) is 29.4 Å². The molecule has 0 saturated heterocycles. The van der Waals surface area contributed by atoms with E-state index in [2.05, 4.69) is 26.4 Å². The monoisotopic (exact) mass is 264 g/mol. The second-order valence-corrected chi connectivity index (χ2v) is 4.92. The van der Waals surface area contributed by atoms with Gasteiger partial charge in [0.1, 0.15) is 16.7 Å². The minimum absolute atomic E-state index is 0.247. The Labute approximate surface area is 112 Å². The molecule has 18 heavy (non-hydrogen) atoms. The molecular weight excluding hydrogens is 248 g/mol. The van der Waals surface area contributed by atoms with Crippen molar-refractivity contribution in [2.75, 3.05) is 0 Å². The van der Waals surface area contributed by atoms with Gasteiger partial charge in [-0.2, -0.15) is 0 Å². The third-order valence-corrected chi connectivity index (χ3v) is 2.83. The largest absolute Gasteiger partial charge is 0.330 e. The summed E-state index contributed by atoms with van der Waals surface area (Å²) >= 11 is 6.05. The Kier molecular flexibility index (Phi) is 3.97. The quantitative estimate of drug-likeness (QED) is 0.794. The zero-order chi connectivity index (χ0) is 13.1. The summed E-state index contributed by atoms with van der Waals surface area (Å²) in [6.07, 6.45) is 4.80. The van der Waals surface area contributed by atoms with Crippen molar-refractivity contribution in [2.24, 2.45) is 0 Å². The van der Waals surface area contributed by atoms with Gasteiger partial charge in [0.15, 0.2) is 5.82 Å². The Bertz CT molecular complexity index is 534. The van der Waals surface area contributed by atoms with Crippen LogP contribution in [0.3, 0.4) is 0 Å². The van der Waals surface area contributed by atoms with Crippen molar-refractivity contribution in [1.82, 2.24) is 19.5 Å². The second-order valence-electron chi connectivity index (χ2n) is 4.53. The molecule has 0 aliphatic rings. The standard InChI is InChI=1S/C13H17ClN4/c1-4-6-18-7-5-15-13(18)10-8-11(14)17-12(16-10)9(2)3/h5,7-9H,4,6H2,1-3H3. The highest BCUT2D eigenvalue weighted by Gasteiger charge is 2.12. The average molecular weight is 265 g/mol. The maximum atomic E-state index is 6.05. The van der Waals surface area contributed by atoms with E-state index in [1.807, 2.05) is 20.0 Å². The molecule has 0 aromatic carbocycles. The van der Waals surface area contributed by atoms with Gasteiger partial charge in [0.2, 0.25) is 0 Å². The minimum atomic E-state index is 0.247. The molecule has 0 atom stereocenters. The number of rotatable bonds is 4. The summed E-state index contributed by atoms with van der Waals surface area (Å²) in [4.78, 5) is 13.1. The zero-order valence-corrected chi connectivity index (χ0v) is 11.6. The first-order chi connectivity index (χ1) is 8.61. The number of hydrogen-bond donors (Lipinski definition) is 0. The fourth-order valence-electron chi connectivity index (χ4n) is 1.77. The van der Waals surface area contributed by atoms with Gasteiger partial charge in [0, 0.05) is 30.9 Å². The number of imidazole rings is 1. The van der Waals surface area contributed by atoms with Gasteiger partial charge >= 0.3 is 0 Å². The van der Waals surface area contributed by atoms with E-state index >= 15 is 0 Å². The molecule has 96 valence electrons. The van der Waals surface area contributed by atoms with E-state index in [1.165, 1.54) is 0 Å². The lowest BCUT2D eigenvalue weighted by Crippen LogP contribution is -2.04. The molecule has 2 aromatic rings. The first kappa shape index (κ1) is 13.0. The van der Waals surface area contributed by atoms with E-state index in [0.29, 0.717) is 5.15 Å². The van der Waals surface area contributed by atoms with Crippen molar-refractivity contribution >= 4 is 11.6 Å². The molecule has 0 fully saturated rings. The van der Waals surface area contributed by atoms with Crippen LogP contribution < -0.4 is 0 Å². The molecule has 2 rings (SSSR count). The molecule has 0 bridgehead atoms. The molecule has 0 saturated carbocycles. The molecule has 0 N–H and O–H groups in total. The fraction of sp³-hybridized carbons (Fsp3) is 0.462. The van der Waals surface area contributed by atoms with Gasteiger partial charge in [-0.25, -0.2) is 15.0 Å². The highest BCUT2D eigenvalue weighted by atomic mass is 35.5. The summed E-state index contributed by atoms with van der Waals surface area (Å²) in [5.74, 6) is 1.85. The number of aromatic nitrogens is 4. The molecule has 0 spiro atoms. The molecule has 0 amide bonds. The number of halogens is 1. The predicted molar refractivity (Wildman–Crippen MR) is 72.6 cm³/mol. The average Bonchev–Trinajstić information content (AvgIpc) is 2.77. The van der Waals surface area contributed by atoms with Crippen molar-refractivity contribution < 1.29 is 0 Å². The van der Waals surface area contributed by atoms with Crippen LogP contribution in [-0.4, -0.2) is 19.5 Å². The third kappa shape index (κ3) is 2.70. The van der Waals surface area contributed by atoms with Gasteiger partial charge in [-0.3, -0.25) is 0 Å². The van der Waals surface area contributed by atoms with Crippen LogP contribution in [0.4, 0.5) is 0 Å². The van der Waals surface area contributed by atoms with Crippen molar-refractivity contribution in [2.45, 2.75) is 39.7 Å². The van der Waals surface area contributed by atoms with Gasteiger partial charge < -0.3 is 4.57 Å². The molecule has 5 heteroatoms. The Morgan fingerprint density at radius 1 is 1.33 bits per heavy atom. The van der Waals surface area contributed by atoms with Gasteiger partial charge in [0.05, 0.1) is 0 Å². The summed E-state index contributed by atoms with van der Waals surface area (Å²) in [7, 11) is 0. The number of hydrogen-bond acceptors (Lipinski definition) is 3. The SMILES string of the molecule is CCCn1ccnc1-c1cc(Cl)nc(C(C)C)n1. The van der Waals surface area contributed by atoms with Crippen LogP contribution in [0.15, 0.2) is 18.5 Å². The Morgan fingerprint density at radius 2 is 2.11 bits per heavy atom. The molecule has 2 heterocycles.